The molecule has 0 radical (unpaired) electrons. The molecule has 1 atom stereocenters. The third-order valence-corrected chi connectivity index (χ3v) is 4.39. The minimum absolute atomic E-state index is 0.207. The van der Waals surface area contributed by atoms with Crippen LogP contribution >= 0.6 is 11.8 Å². The van der Waals surface area contributed by atoms with Crippen molar-refractivity contribution in [2.24, 2.45) is 0 Å². The Morgan fingerprint density at radius 2 is 1.58 bits per heavy atom. The molecule has 4 nitrogen and oxygen atoms in total. The Hall–Kier alpha value is -2.27. The minimum atomic E-state index is -0.639. The number of carbonyl (C=O) groups excluding carboxylic acids is 2. The average Bonchev–Trinajstić information content (AvgIpc) is 2.60. The van der Waals surface area contributed by atoms with Gasteiger partial charge in [0.15, 0.2) is 0 Å². The van der Waals surface area contributed by atoms with E-state index < -0.39 is 12.0 Å². The van der Waals surface area contributed by atoms with Gasteiger partial charge in [0.25, 0.3) is 0 Å². The monoisotopic (exact) mass is 343 g/mol. The number of carbonyl (C=O) groups is 2. The van der Waals surface area contributed by atoms with E-state index in [9.17, 15) is 9.59 Å². The third-order valence-electron chi connectivity index (χ3n) is 3.28. The number of ether oxygens (including phenoxy) is 1. The molecule has 0 heterocycles. The number of esters is 1. The fourth-order valence-corrected chi connectivity index (χ4v) is 3.11. The van der Waals surface area contributed by atoms with Crippen molar-refractivity contribution in [3.05, 3.63) is 71.8 Å². The highest BCUT2D eigenvalue weighted by atomic mass is 32.2. The standard InChI is InChI=1S/C19H21NO3S/c1-15(21)20-18(14-24-13-17-10-6-3-7-11-17)19(22)23-12-16-8-4-2-5-9-16/h2-11,18H,12-14H2,1H3,(H,20,21). The van der Waals surface area contributed by atoms with Crippen molar-refractivity contribution >= 4 is 23.6 Å². The van der Waals surface area contributed by atoms with Crippen molar-refractivity contribution in [1.29, 1.82) is 0 Å². The Balaban J connectivity index is 1.84. The molecule has 0 aliphatic heterocycles. The Kier molecular flexibility index (Phi) is 7.36. The normalized spacial score (nSPS) is 11.5. The minimum Gasteiger partial charge on any atom is -0.459 e. The van der Waals surface area contributed by atoms with E-state index in [1.807, 2.05) is 60.7 Å². The third kappa shape index (κ3) is 6.46. The lowest BCUT2D eigenvalue weighted by atomic mass is 10.2. The SMILES string of the molecule is CC(=O)NC(CSCc1ccccc1)C(=O)OCc1ccccc1. The molecule has 0 saturated heterocycles. The number of nitrogens with one attached hydrogen (secondary N) is 1. The molecule has 0 saturated carbocycles. The molecule has 126 valence electrons. The second kappa shape index (κ2) is 9.78. The molecule has 1 unspecified atom stereocenters. The van der Waals surface area contributed by atoms with Gasteiger partial charge in [0, 0.05) is 18.4 Å². The lowest BCUT2D eigenvalue weighted by molar-refractivity contribution is -0.148. The zero-order chi connectivity index (χ0) is 17.2. The summed E-state index contributed by atoms with van der Waals surface area (Å²) >= 11 is 1.59. The van der Waals surface area contributed by atoms with Crippen LogP contribution in [0.5, 0.6) is 0 Å². The molecular weight excluding hydrogens is 322 g/mol. The van der Waals surface area contributed by atoms with E-state index in [0.29, 0.717) is 5.75 Å². The maximum absolute atomic E-state index is 12.2. The van der Waals surface area contributed by atoms with E-state index in [1.54, 1.807) is 11.8 Å². The van der Waals surface area contributed by atoms with E-state index in [1.165, 1.54) is 12.5 Å². The smallest absolute Gasteiger partial charge is 0.329 e. The Morgan fingerprint density at radius 1 is 1.00 bits per heavy atom. The van der Waals surface area contributed by atoms with Crippen LogP contribution in [0.25, 0.3) is 0 Å². The van der Waals surface area contributed by atoms with Crippen LogP contribution < -0.4 is 5.32 Å². The van der Waals surface area contributed by atoms with Crippen LogP contribution in [0, 0.1) is 0 Å². The van der Waals surface area contributed by atoms with Crippen molar-refractivity contribution in [2.45, 2.75) is 25.3 Å². The molecule has 0 spiro atoms. The van der Waals surface area contributed by atoms with Crippen LogP contribution in [0.15, 0.2) is 60.7 Å². The summed E-state index contributed by atoms with van der Waals surface area (Å²) in [6, 6.07) is 18.8. The zero-order valence-electron chi connectivity index (χ0n) is 13.6. The molecule has 2 aromatic rings. The van der Waals surface area contributed by atoms with Gasteiger partial charge in [-0.1, -0.05) is 60.7 Å². The van der Waals surface area contributed by atoms with Gasteiger partial charge < -0.3 is 10.1 Å². The largest absolute Gasteiger partial charge is 0.459 e. The van der Waals surface area contributed by atoms with Crippen molar-refractivity contribution in [2.75, 3.05) is 5.75 Å². The van der Waals surface area contributed by atoms with Crippen LogP contribution in [0.4, 0.5) is 0 Å². The van der Waals surface area contributed by atoms with E-state index in [2.05, 4.69) is 5.32 Å². The summed E-state index contributed by atoms with van der Waals surface area (Å²) in [5, 5.41) is 2.67. The quantitative estimate of drug-likeness (QED) is 0.748. The summed E-state index contributed by atoms with van der Waals surface area (Å²) < 4.78 is 5.33. The molecule has 0 fully saturated rings. The number of hydrogen-bond donors (Lipinski definition) is 1. The molecule has 5 heteroatoms. The summed E-state index contributed by atoms with van der Waals surface area (Å²) in [7, 11) is 0. The summed E-state index contributed by atoms with van der Waals surface area (Å²) in [6.45, 7) is 1.61. The molecule has 1 amide bonds. The summed E-state index contributed by atoms with van der Waals surface area (Å²) in [5.41, 5.74) is 2.10. The molecule has 1 N–H and O–H groups in total. The Labute approximate surface area is 146 Å². The topological polar surface area (TPSA) is 55.4 Å². The van der Waals surface area contributed by atoms with Crippen LogP contribution in [0.2, 0.25) is 0 Å². The van der Waals surface area contributed by atoms with Crippen molar-refractivity contribution in [1.82, 2.24) is 5.32 Å². The van der Waals surface area contributed by atoms with Gasteiger partial charge in [0.05, 0.1) is 0 Å². The molecule has 0 aliphatic carbocycles. The molecular formula is C19H21NO3S. The van der Waals surface area contributed by atoms with E-state index in [-0.39, 0.29) is 12.5 Å². The highest BCUT2D eigenvalue weighted by Gasteiger charge is 2.21. The number of thioether (sulfide) groups is 1. The summed E-state index contributed by atoms with van der Waals surface area (Å²) in [4.78, 5) is 23.6. The van der Waals surface area contributed by atoms with Crippen LogP contribution in [-0.2, 0) is 26.7 Å². The predicted molar refractivity (Wildman–Crippen MR) is 96.4 cm³/mol. The van der Waals surface area contributed by atoms with E-state index in [0.717, 1.165) is 11.3 Å². The van der Waals surface area contributed by atoms with E-state index in [4.69, 9.17) is 4.74 Å². The molecule has 0 aliphatic rings. The van der Waals surface area contributed by atoms with Gasteiger partial charge in [0.1, 0.15) is 12.6 Å². The van der Waals surface area contributed by atoms with Gasteiger partial charge in [-0.2, -0.15) is 11.8 Å². The lowest BCUT2D eigenvalue weighted by Crippen LogP contribution is -2.42. The van der Waals surface area contributed by atoms with Crippen LogP contribution in [0.1, 0.15) is 18.1 Å². The average molecular weight is 343 g/mol. The fourth-order valence-electron chi connectivity index (χ4n) is 2.11. The highest BCUT2D eigenvalue weighted by molar-refractivity contribution is 7.98. The van der Waals surface area contributed by atoms with E-state index >= 15 is 0 Å². The summed E-state index contributed by atoms with van der Waals surface area (Å²) in [6.07, 6.45) is 0. The van der Waals surface area contributed by atoms with Gasteiger partial charge in [-0.25, -0.2) is 4.79 Å². The second-order valence-corrected chi connectivity index (χ2v) is 6.38. The predicted octanol–water partition coefficient (Wildman–Crippen LogP) is 3.17. The Morgan fingerprint density at radius 3 is 2.17 bits per heavy atom. The fraction of sp³-hybridized carbons (Fsp3) is 0.263. The molecule has 2 rings (SSSR count). The first-order valence-electron chi connectivity index (χ1n) is 7.74. The molecule has 0 bridgehead atoms. The zero-order valence-corrected chi connectivity index (χ0v) is 14.4. The number of rotatable bonds is 8. The molecule has 24 heavy (non-hydrogen) atoms. The number of amides is 1. The van der Waals surface area contributed by atoms with Crippen molar-refractivity contribution in [3.8, 4) is 0 Å². The first-order valence-corrected chi connectivity index (χ1v) is 8.90. The molecule has 0 aromatic heterocycles. The van der Waals surface area contributed by atoms with Crippen molar-refractivity contribution < 1.29 is 14.3 Å². The highest BCUT2D eigenvalue weighted by Crippen LogP contribution is 2.14. The molecule has 2 aromatic carbocycles. The van der Waals surface area contributed by atoms with Gasteiger partial charge in [-0.3, -0.25) is 4.79 Å². The van der Waals surface area contributed by atoms with Crippen LogP contribution in [0.3, 0.4) is 0 Å². The maximum Gasteiger partial charge on any atom is 0.329 e. The number of hydrogen-bond acceptors (Lipinski definition) is 4. The van der Waals surface area contributed by atoms with Gasteiger partial charge in [0.2, 0.25) is 5.91 Å². The van der Waals surface area contributed by atoms with Gasteiger partial charge >= 0.3 is 5.97 Å². The lowest BCUT2D eigenvalue weighted by Gasteiger charge is -2.16. The first-order chi connectivity index (χ1) is 11.6. The second-order valence-electron chi connectivity index (χ2n) is 5.35. The Bertz CT molecular complexity index is 646. The number of benzene rings is 2. The summed E-state index contributed by atoms with van der Waals surface area (Å²) in [5.74, 6) is 0.608. The first kappa shape index (κ1) is 18.1. The maximum atomic E-state index is 12.2. The van der Waals surface area contributed by atoms with Crippen LogP contribution in [-0.4, -0.2) is 23.7 Å². The van der Waals surface area contributed by atoms with Gasteiger partial charge in [-0.15, -0.1) is 0 Å². The van der Waals surface area contributed by atoms with Gasteiger partial charge in [-0.05, 0) is 11.1 Å². The van der Waals surface area contributed by atoms with Crippen molar-refractivity contribution in [3.63, 3.8) is 0 Å².